The number of rotatable bonds is 3. The molecule has 1 aromatic carbocycles. The highest BCUT2D eigenvalue weighted by Crippen LogP contribution is 2.36. The summed E-state index contributed by atoms with van der Waals surface area (Å²) in [5.74, 6) is 0. The van der Waals surface area contributed by atoms with Gasteiger partial charge in [0.2, 0.25) is 0 Å². The summed E-state index contributed by atoms with van der Waals surface area (Å²) in [4.78, 5) is 27.3. The number of H-pyrrole nitrogens is 2. The Kier molecular flexibility index (Phi) is 4.73. The van der Waals surface area contributed by atoms with Crippen LogP contribution in [0, 0.1) is 10.1 Å². The topological polar surface area (TPSA) is 104 Å². The van der Waals surface area contributed by atoms with Gasteiger partial charge in [-0.25, -0.2) is 0 Å². The lowest BCUT2D eigenvalue weighted by molar-refractivity contribution is -0.384. The van der Waals surface area contributed by atoms with Crippen molar-refractivity contribution in [2.75, 3.05) is 6.54 Å². The molecule has 2 heterocycles. The predicted molar refractivity (Wildman–Crippen MR) is 93.4 cm³/mol. The minimum absolute atomic E-state index is 0.0556. The average molecular weight is 369 g/mol. The fraction of sp³-hybridized carbons (Fsp3) is 0.333. The van der Waals surface area contributed by atoms with Crippen molar-refractivity contribution in [3.05, 3.63) is 48.2 Å². The molecule has 0 amide bonds. The number of aliphatic imine (C=N–C) groups is 1. The summed E-state index contributed by atoms with van der Waals surface area (Å²) >= 11 is 12.1. The Morgan fingerprint density at radius 3 is 2.67 bits per heavy atom. The van der Waals surface area contributed by atoms with E-state index in [0.717, 1.165) is 19.3 Å². The lowest BCUT2D eigenvalue weighted by atomic mass is 10.0. The number of nitro benzene ring substituents is 1. The molecular weight excluding hydrogens is 355 g/mol. The molecule has 0 unspecified atom stereocenters. The largest absolute Gasteiger partial charge is 0.297 e. The molecule has 0 atom stereocenters. The SMILES string of the molecule is O=c1[nH][nH]c(-c2cc([N+](=O)[O-])c(Cl)cc2Cl)c1C1=NCCCCC1. The number of hydrogen-bond acceptors (Lipinski definition) is 4. The lowest BCUT2D eigenvalue weighted by Crippen LogP contribution is -2.14. The maximum absolute atomic E-state index is 12.3. The zero-order valence-corrected chi connectivity index (χ0v) is 14.1. The van der Waals surface area contributed by atoms with Gasteiger partial charge in [0.15, 0.2) is 0 Å². The molecule has 2 aromatic rings. The van der Waals surface area contributed by atoms with Crippen LogP contribution in [-0.4, -0.2) is 27.4 Å². The Balaban J connectivity index is 2.18. The molecule has 24 heavy (non-hydrogen) atoms. The van der Waals surface area contributed by atoms with E-state index in [-0.39, 0.29) is 21.3 Å². The van der Waals surface area contributed by atoms with Gasteiger partial charge in [0.05, 0.1) is 21.2 Å². The molecule has 9 heteroatoms. The van der Waals surface area contributed by atoms with Crippen LogP contribution in [-0.2, 0) is 0 Å². The minimum atomic E-state index is -0.588. The first-order valence-electron chi connectivity index (χ1n) is 7.47. The van der Waals surface area contributed by atoms with Crippen molar-refractivity contribution in [2.45, 2.75) is 25.7 Å². The number of nitrogens with zero attached hydrogens (tertiary/aromatic N) is 2. The number of halogens is 2. The highest BCUT2D eigenvalue weighted by atomic mass is 35.5. The maximum atomic E-state index is 12.3. The number of aromatic nitrogens is 2. The van der Waals surface area contributed by atoms with E-state index in [9.17, 15) is 14.9 Å². The fourth-order valence-corrected chi connectivity index (χ4v) is 3.33. The molecule has 0 radical (unpaired) electrons. The standard InChI is InChI=1S/C15H14Cl2N4O3/c16-9-7-10(17)12(21(23)24)6-8(9)14-13(15(22)20-19-14)11-4-2-1-3-5-18-11/h6-7H,1-5H2,(H2,19,20,22). The first-order chi connectivity index (χ1) is 11.5. The molecule has 1 aromatic heterocycles. The van der Waals surface area contributed by atoms with Crippen LogP contribution in [0.25, 0.3) is 11.3 Å². The summed E-state index contributed by atoms with van der Waals surface area (Å²) in [5, 5.41) is 16.6. The number of nitrogens with one attached hydrogen (secondary N) is 2. The minimum Gasteiger partial charge on any atom is -0.297 e. The average Bonchev–Trinajstić information content (AvgIpc) is 2.74. The van der Waals surface area contributed by atoms with Gasteiger partial charge in [0.25, 0.3) is 11.2 Å². The number of hydrogen-bond donors (Lipinski definition) is 2. The quantitative estimate of drug-likeness (QED) is 0.632. The van der Waals surface area contributed by atoms with Crippen molar-refractivity contribution in [2.24, 2.45) is 4.99 Å². The molecule has 1 aliphatic heterocycles. The first-order valence-corrected chi connectivity index (χ1v) is 8.22. The Labute approximate surface area is 146 Å². The Morgan fingerprint density at radius 1 is 1.12 bits per heavy atom. The van der Waals surface area contributed by atoms with Gasteiger partial charge in [-0.05, 0) is 25.3 Å². The normalized spacial score (nSPS) is 15.0. The van der Waals surface area contributed by atoms with E-state index in [1.54, 1.807) is 0 Å². The summed E-state index contributed by atoms with van der Waals surface area (Å²) in [5.41, 5.74) is 1.22. The molecule has 0 saturated carbocycles. The van der Waals surface area contributed by atoms with Gasteiger partial charge in [-0.3, -0.25) is 30.1 Å². The van der Waals surface area contributed by atoms with Crippen LogP contribution in [0.15, 0.2) is 21.9 Å². The zero-order chi connectivity index (χ0) is 17.3. The van der Waals surface area contributed by atoms with Crippen molar-refractivity contribution in [1.29, 1.82) is 0 Å². The van der Waals surface area contributed by atoms with Gasteiger partial charge < -0.3 is 0 Å². The zero-order valence-electron chi connectivity index (χ0n) is 12.6. The highest BCUT2D eigenvalue weighted by Gasteiger charge is 2.23. The van der Waals surface area contributed by atoms with Crippen LogP contribution in [0.2, 0.25) is 10.0 Å². The fourth-order valence-electron chi connectivity index (χ4n) is 2.78. The molecular formula is C15H14Cl2N4O3. The molecule has 2 N–H and O–H groups in total. The van der Waals surface area contributed by atoms with Crippen LogP contribution in [0.4, 0.5) is 5.69 Å². The maximum Gasteiger partial charge on any atom is 0.288 e. The summed E-state index contributed by atoms with van der Waals surface area (Å²) < 4.78 is 0. The highest BCUT2D eigenvalue weighted by molar-refractivity contribution is 6.37. The van der Waals surface area contributed by atoms with Gasteiger partial charge in [0, 0.05) is 23.9 Å². The Bertz CT molecular complexity index is 885. The molecule has 126 valence electrons. The lowest BCUT2D eigenvalue weighted by Gasteiger charge is -2.07. The van der Waals surface area contributed by atoms with Gasteiger partial charge in [-0.15, -0.1) is 0 Å². The van der Waals surface area contributed by atoms with Crippen molar-refractivity contribution >= 4 is 34.6 Å². The monoisotopic (exact) mass is 368 g/mol. The van der Waals surface area contributed by atoms with Gasteiger partial charge in [0.1, 0.15) is 5.02 Å². The summed E-state index contributed by atoms with van der Waals surface area (Å²) in [6.07, 6.45) is 3.66. The molecule has 7 nitrogen and oxygen atoms in total. The number of aromatic amines is 2. The van der Waals surface area contributed by atoms with Gasteiger partial charge >= 0.3 is 0 Å². The summed E-state index contributed by atoms with van der Waals surface area (Å²) in [6.45, 7) is 0.661. The second-order valence-corrected chi connectivity index (χ2v) is 6.32. The smallest absolute Gasteiger partial charge is 0.288 e. The first kappa shape index (κ1) is 16.7. The van der Waals surface area contributed by atoms with E-state index in [2.05, 4.69) is 15.2 Å². The van der Waals surface area contributed by atoms with E-state index >= 15 is 0 Å². The van der Waals surface area contributed by atoms with E-state index < -0.39 is 4.92 Å². The second kappa shape index (κ2) is 6.78. The van der Waals surface area contributed by atoms with Crippen LogP contribution >= 0.6 is 23.2 Å². The molecule has 0 fully saturated rings. The molecule has 0 bridgehead atoms. The molecule has 0 spiro atoms. The van der Waals surface area contributed by atoms with Crippen molar-refractivity contribution in [1.82, 2.24) is 10.2 Å². The van der Waals surface area contributed by atoms with Crippen LogP contribution < -0.4 is 5.56 Å². The van der Waals surface area contributed by atoms with Gasteiger partial charge in [-0.2, -0.15) is 0 Å². The predicted octanol–water partition coefficient (Wildman–Crippen LogP) is 3.95. The van der Waals surface area contributed by atoms with Crippen molar-refractivity contribution in [3.8, 4) is 11.3 Å². The van der Waals surface area contributed by atoms with Crippen molar-refractivity contribution < 1.29 is 4.92 Å². The van der Waals surface area contributed by atoms with Crippen LogP contribution in [0.3, 0.4) is 0 Å². The molecule has 1 aliphatic rings. The third-order valence-corrected chi connectivity index (χ3v) is 4.56. The summed E-state index contributed by atoms with van der Waals surface area (Å²) in [7, 11) is 0. The molecule has 0 aliphatic carbocycles. The van der Waals surface area contributed by atoms with Gasteiger partial charge in [-0.1, -0.05) is 29.6 Å². The Hall–Kier alpha value is -2.12. The third-order valence-electron chi connectivity index (χ3n) is 3.94. The van der Waals surface area contributed by atoms with E-state index in [4.69, 9.17) is 23.2 Å². The molecule has 3 rings (SSSR count). The number of nitro groups is 1. The second-order valence-electron chi connectivity index (χ2n) is 5.51. The third kappa shape index (κ3) is 3.09. The van der Waals surface area contributed by atoms with Crippen LogP contribution in [0.1, 0.15) is 31.2 Å². The molecule has 0 saturated heterocycles. The van der Waals surface area contributed by atoms with E-state index in [1.165, 1.54) is 12.1 Å². The van der Waals surface area contributed by atoms with E-state index in [1.807, 2.05) is 0 Å². The van der Waals surface area contributed by atoms with Crippen molar-refractivity contribution in [3.63, 3.8) is 0 Å². The van der Waals surface area contributed by atoms with E-state index in [0.29, 0.717) is 35.5 Å². The number of benzene rings is 1. The van der Waals surface area contributed by atoms with Crippen LogP contribution in [0.5, 0.6) is 0 Å². The Morgan fingerprint density at radius 2 is 1.92 bits per heavy atom. The summed E-state index contributed by atoms with van der Waals surface area (Å²) in [6, 6.07) is 2.57.